The van der Waals surface area contributed by atoms with E-state index in [1.165, 1.54) is 22.3 Å². The van der Waals surface area contributed by atoms with Crippen molar-refractivity contribution in [3.05, 3.63) is 77.4 Å². The molecule has 206 valence electrons. The van der Waals surface area contributed by atoms with Crippen LogP contribution in [0, 0.1) is 0 Å². The molecule has 4 aromatic rings. The van der Waals surface area contributed by atoms with Crippen LogP contribution in [0.15, 0.2) is 66.2 Å². The maximum Gasteiger partial charge on any atom is 0.301 e. The molecule has 1 unspecified atom stereocenters. The van der Waals surface area contributed by atoms with Crippen LogP contribution < -0.4 is 19.1 Å². The van der Waals surface area contributed by atoms with Crippen molar-refractivity contribution in [2.45, 2.75) is 26.8 Å². The molecule has 2 N–H and O–H groups in total. The van der Waals surface area contributed by atoms with E-state index in [2.05, 4.69) is 4.98 Å². The molecule has 1 aliphatic heterocycles. The van der Waals surface area contributed by atoms with E-state index in [1.54, 1.807) is 55.5 Å². The zero-order valence-electron chi connectivity index (χ0n) is 22.2. The molecule has 0 aliphatic carbocycles. The van der Waals surface area contributed by atoms with E-state index in [-0.39, 0.29) is 28.0 Å². The number of anilines is 1. The molecular formula is C30H28N2O7S. The zero-order chi connectivity index (χ0) is 28.4. The Balaban J connectivity index is 1.68. The first-order valence-corrected chi connectivity index (χ1v) is 13.7. The molecule has 2 heterocycles. The van der Waals surface area contributed by atoms with E-state index < -0.39 is 17.7 Å². The van der Waals surface area contributed by atoms with Crippen LogP contribution in [0.2, 0.25) is 0 Å². The summed E-state index contributed by atoms with van der Waals surface area (Å²) in [6.45, 7) is 6.81. The number of fused-ring (bicyclic) bond motifs is 1. The van der Waals surface area contributed by atoms with Crippen molar-refractivity contribution in [1.29, 1.82) is 0 Å². The maximum absolute atomic E-state index is 13.6. The Hall–Kier alpha value is -4.57. The fourth-order valence-electron chi connectivity index (χ4n) is 4.60. The lowest BCUT2D eigenvalue weighted by Gasteiger charge is -2.23. The van der Waals surface area contributed by atoms with Gasteiger partial charge in [0.1, 0.15) is 17.3 Å². The number of ether oxygens (including phenoxy) is 3. The molecule has 1 atom stereocenters. The maximum atomic E-state index is 13.6. The highest BCUT2D eigenvalue weighted by atomic mass is 32.1. The van der Waals surface area contributed by atoms with E-state index in [1.807, 2.05) is 19.9 Å². The minimum absolute atomic E-state index is 0.0856. The van der Waals surface area contributed by atoms with Crippen molar-refractivity contribution in [2.24, 2.45) is 0 Å². The van der Waals surface area contributed by atoms with Gasteiger partial charge in [-0.05, 0) is 80.9 Å². The lowest BCUT2D eigenvalue weighted by Crippen LogP contribution is -2.29. The van der Waals surface area contributed by atoms with Gasteiger partial charge < -0.3 is 24.4 Å². The monoisotopic (exact) mass is 560 g/mol. The van der Waals surface area contributed by atoms with E-state index in [4.69, 9.17) is 14.2 Å². The van der Waals surface area contributed by atoms with Crippen molar-refractivity contribution in [3.63, 3.8) is 0 Å². The quantitative estimate of drug-likeness (QED) is 0.149. The van der Waals surface area contributed by atoms with Crippen molar-refractivity contribution in [1.82, 2.24) is 4.98 Å². The predicted octanol–water partition coefficient (Wildman–Crippen LogP) is 5.82. The molecular weight excluding hydrogens is 532 g/mol. The third-order valence-corrected chi connectivity index (χ3v) is 7.37. The van der Waals surface area contributed by atoms with Gasteiger partial charge in [0.25, 0.3) is 5.78 Å². The average molecular weight is 561 g/mol. The summed E-state index contributed by atoms with van der Waals surface area (Å²) in [5.41, 5.74) is 1.34. The van der Waals surface area contributed by atoms with Gasteiger partial charge >= 0.3 is 5.91 Å². The fourth-order valence-corrected chi connectivity index (χ4v) is 5.62. The van der Waals surface area contributed by atoms with Gasteiger partial charge in [0.05, 0.1) is 41.7 Å². The van der Waals surface area contributed by atoms with Gasteiger partial charge in [-0.2, -0.15) is 0 Å². The predicted molar refractivity (Wildman–Crippen MR) is 152 cm³/mol. The largest absolute Gasteiger partial charge is 0.507 e. The van der Waals surface area contributed by atoms with Gasteiger partial charge in [-0.1, -0.05) is 17.4 Å². The number of hydrogen-bond acceptors (Lipinski definition) is 9. The standard InChI is InChI=1S/C30H28N2O7S/c1-4-37-19-10-7-17(8-11-19)27(34)25-26(18-9-14-22(33)23(15-18)39-6-3)32(29(36)28(25)35)30-31-21-13-12-20(38-5-2)16-24(21)40-30/h7-16,26,33-34H,4-6H2,1-3H3/b27-25+. The van der Waals surface area contributed by atoms with Crippen molar-refractivity contribution >= 4 is 44.1 Å². The highest BCUT2D eigenvalue weighted by Crippen LogP contribution is 2.46. The number of aliphatic hydroxyl groups is 1. The third kappa shape index (κ3) is 4.93. The Morgan fingerprint density at radius 3 is 2.27 bits per heavy atom. The summed E-state index contributed by atoms with van der Waals surface area (Å²) < 4.78 is 17.4. The molecule has 3 aromatic carbocycles. The summed E-state index contributed by atoms with van der Waals surface area (Å²) in [5, 5.41) is 22.0. The van der Waals surface area contributed by atoms with Crippen LogP contribution in [-0.2, 0) is 9.59 Å². The Labute approximate surface area is 234 Å². The SMILES string of the molecule is CCOc1ccc(/C(O)=C2\C(=O)C(=O)N(c3nc4ccc(OCC)cc4s3)C2c2ccc(O)c(OCC)c2)cc1. The number of thiazole rings is 1. The summed E-state index contributed by atoms with van der Waals surface area (Å²) in [4.78, 5) is 33.0. The lowest BCUT2D eigenvalue weighted by molar-refractivity contribution is -0.132. The number of Topliss-reactive ketones (excluding diaryl/α,β-unsaturated/α-hetero) is 1. The minimum Gasteiger partial charge on any atom is -0.507 e. The van der Waals surface area contributed by atoms with Crippen molar-refractivity contribution in [3.8, 4) is 23.0 Å². The number of carbonyl (C=O) groups excluding carboxylic acids is 2. The van der Waals surface area contributed by atoms with Crippen LogP contribution in [0.5, 0.6) is 23.0 Å². The number of aliphatic hydroxyl groups excluding tert-OH is 1. The number of hydrogen-bond donors (Lipinski definition) is 2. The molecule has 10 heteroatoms. The number of aromatic hydroxyl groups is 1. The highest BCUT2D eigenvalue weighted by molar-refractivity contribution is 7.22. The number of aromatic nitrogens is 1. The average Bonchev–Trinajstić information content (AvgIpc) is 3.48. The van der Waals surface area contributed by atoms with E-state index in [9.17, 15) is 19.8 Å². The Morgan fingerprint density at radius 1 is 0.900 bits per heavy atom. The van der Waals surface area contributed by atoms with E-state index in [0.717, 1.165) is 4.70 Å². The number of carbonyl (C=O) groups is 2. The van der Waals surface area contributed by atoms with Gasteiger partial charge in [-0.3, -0.25) is 14.5 Å². The number of amides is 1. The summed E-state index contributed by atoms with van der Waals surface area (Å²) in [6, 6.07) is 15.6. The summed E-state index contributed by atoms with van der Waals surface area (Å²) in [7, 11) is 0. The third-order valence-electron chi connectivity index (χ3n) is 6.35. The summed E-state index contributed by atoms with van der Waals surface area (Å²) >= 11 is 1.23. The molecule has 0 radical (unpaired) electrons. The second-order valence-corrected chi connectivity index (χ2v) is 9.85. The first kappa shape index (κ1) is 27.0. The van der Waals surface area contributed by atoms with Crippen molar-refractivity contribution in [2.75, 3.05) is 24.7 Å². The van der Waals surface area contributed by atoms with Crippen LogP contribution in [0.3, 0.4) is 0 Å². The highest BCUT2D eigenvalue weighted by Gasteiger charge is 2.48. The van der Waals surface area contributed by atoms with E-state index in [0.29, 0.717) is 48.0 Å². The normalized spacial score (nSPS) is 16.5. The molecule has 0 spiro atoms. The van der Waals surface area contributed by atoms with Gasteiger partial charge in [-0.25, -0.2) is 4.98 Å². The Kier molecular flexibility index (Phi) is 7.61. The summed E-state index contributed by atoms with van der Waals surface area (Å²) in [6.07, 6.45) is 0. The number of nitrogens with zero attached hydrogens (tertiary/aromatic N) is 2. The first-order valence-electron chi connectivity index (χ1n) is 12.9. The molecule has 5 rings (SSSR count). The molecule has 0 saturated carbocycles. The molecule has 1 fully saturated rings. The van der Waals surface area contributed by atoms with Crippen LogP contribution in [-0.4, -0.2) is 46.7 Å². The molecule has 9 nitrogen and oxygen atoms in total. The molecule has 1 saturated heterocycles. The van der Waals surface area contributed by atoms with Gasteiger partial charge in [0.15, 0.2) is 16.6 Å². The second-order valence-electron chi connectivity index (χ2n) is 8.85. The van der Waals surface area contributed by atoms with Crippen LogP contribution in [0.25, 0.3) is 16.0 Å². The number of phenols is 1. The van der Waals surface area contributed by atoms with Gasteiger partial charge in [0.2, 0.25) is 0 Å². The topological polar surface area (TPSA) is 118 Å². The van der Waals surface area contributed by atoms with E-state index >= 15 is 0 Å². The Bertz CT molecular complexity index is 1610. The zero-order valence-corrected chi connectivity index (χ0v) is 23.0. The van der Waals surface area contributed by atoms with Crippen molar-refractivity contribution < 1.29 is 34.0 Å². The number of ketones is 1. The van der Waals surface area contributed by atoms with Crippen LogP contribution in [0.1, 0.15) is 37.9 Å². The molecule has 0 bridgehead atoms. The van der Waals surface area contributed by atoms with Gasteiger partial charge in [-0.15, -0.1) is 0 Å². The summed E-state index contributed by atoms with van der Waals surface area (Å²) in [5.74, 6) is -0.630. The molecule has 1 aliphatic rings. The number of benzene rings is 3. The second kappa shape index (κ2) is 11.3. The molecule has 1 aromatic heterocycles. The van der Waals surface area contributed by atoms with Gasteiger partial charge in [0, 0.05) is 5.56 Å². The van der Waals surface area contributed by atoms with Crippen LogP contribution in [0.4, 0.5) is 5.13 Å². The van der Waals surface area contributed by atoms with Crippen LogP contribution >= 0.6 is 11.3 Å². The molecule has 40 heavy (non-hydrogen) atoms. The minimum atomic E-state index is -1.03. The Morgan fingerprint density at radius 2 is 1.57 bits per heavy atom. The molecule has 1 amide bonds. The fraction of sp³-hybridized carbons (Fsp3) is 0.233. The number of phenolic OH excluding ortho intramolecular Hbond substituents is 1. The first-order chi connectivity index (χ1) is 19.4. The number of rotatable bonds is 9. The smallest absolute Gasteiger partial charge is 0.301 e. The lowest BCUT2D eigenvalue weighted by atomic mass is 9.95.